The number of hydrogen-bond acceptors (Lipinski definition) is 4. The summed E-state index contributed by atoms with van der Waals surface area (Å²) >= 11 is 0. The van der Waals surface area contributed by atoms with Crippen LogP contribution in [0.15, 0.2) is 28.7 Å². The minimum Gasteiger partial charge on any atom is -0.441 e. The molecule has 2 heterocycles. The lowest BCUT2D eigenvalue weighted by atomic mass is 10.2. The van der Waals surface area contributed by atoms with Gasteiger partial charge in [-0.25, -0.2) is 9.37 Å². The van der Waals surface area contributed by atoms with Crippen molar-refractivity contribution in [3.63, 3.8) is 0 Å². The Labute approximate surface area is 146 Å². The second-order valence-corrected chi connectivity index (χ2v) is 6.32. The lowest BCUT2D eigenvalue weighted by molar-refractivity contribution is 0.0521. The van der Waals surface area contributed by atoms with Crippen molar-refractivity contribution in [2.75, 3.05) is 19.7 Å². The van der Waals surface area contributed by atoms with Gasteiger partial charge in [-0.15, -0.1) is 0 Å². The predicted molar refractivity (Wildman–Crippen MR) is 91.8 cm³/mol. The molecule has 0 saturated carbocycles. The zero-order chi connectivity index (χ0) is 17.8. The number of nitrogens with zero attached hydrogens (tertiary/aromatic N) is 2. The number of benzene rings is 1. The summed E-state index contributed by atoms with van der Waals surface area (Å²) in [6.07, 6.45) is 2.97. The van der Waals surface area contributed by atoms with E-state index in [1.54, 1.807) is 24.0 Å². The van der Waals surface area contributed by atoms with Crippen LogP contribution in [0.3, 0.4) is 0 Å². The summed E-state index contributed by atoms with van der Waals surface area (Å²) < 4.78 is 24.4. The lowest BCUT2D eigenvalue weighted by Crippen LogP contribution is -2.38. The Morgan fingerprint density at radius 2 is 2.12 bits per heavy atom. The average Bonchev–Trinajstić information content (AvgIpc) is 3.24. The highest BCUT2D eigenvalue weighted by Crippen LogP contribution is 2.23. The third-order valence-electron chi connectivity index (χ3n) is 4.32. The molecule has 5 nitrogen and oxygen atoms in total. The highest BCUT2D eigenvalue weighted by molar-refractivity contribution is 5.93. The van der Waals surface area contributed by atoms with Gasteiger partial charge in [-0.2, -0.15) is 0 Å². The number of ether oxygens (including phenoxy) is 1. The quantitative estimate of drug-likeness (QED) is 0.798. The molecule has 1 unspecified atom stereocenters. The number of hydrogen-bond donors (Lipinski definition) is 0. The molecule has 1 aliphatic heterocycles. The molecule has 1 fully saturated rings. The van der Waals surface area contributed by atoms with Crippen LogP contribution in [0.25, 0.3) is 11.5 Å². The second-order valence-electron chi connectivity index (χ2n) is 6.32. The SMILES string of the molecule is CCCN(CC1CCCO1)C(=O)c1nc(-c2ccc(F)cc2)oc1C. The summed E-state index contributed by atoms with van der Waals surface area (Å²) in [6.45, 7) is 5.75. The zero-order valence-electron chi connectivity index (χ0n) is 14.6. The normalized spacial score (nSPS) is 17.0. The van der Waals surface area contributed by atoms with E-state index in [2.05, 4.69) is 4.98 Å². The van der Waals surface area contributed by atoms with Gasteiger partial charge in [0, 0.05) is 25.3 Å². The summed E-state index contributed by atoms with van der Waals surface area (Å²) in [5.74, 6) is 0.327. The third kappa shape index (κ3) is 4.07. The van der Waals surface area contributed by atoms with E-state index >= 15 is 0 Å². The maximum Gasteiger partial charge on any atom is 0.276 e. The first-order valence-electron chi connectivity index (χ1n) is 8.72. The monoisotopic (exact) mass is 346 g/mol. The summed E-state index contributed by atoms with van der Waals surface area (Å²) in [5, 5.41) is 0. The minimum atomic E-state index is -0.325. The van der Waals surface area contributed by atoms with Crippen LogP contribution in [-0.2, 0) is 4.74 Å². The number of carbonyl (C=O) groups is 1. The third-order valence-corrected chi connectivity index (χ3v) is 4.32. The highest BCUT2D eigenvalue weighted by Gasteiger charge is 2.26. The van der Waals surface area contributed by atoms with Crippen molar-refractivity contribution >= 4 is 5.91 Å². The van der Waals surface area contributed by atoms with Crippen LogP contribution >= 0.6 is 0 Å². The smallest absolute Gasteiger partial charge is 0.276 e. The Balaban J connectivity index is 1.80. The van der Waals surface area contributed by atoms with E-state index in [9.17, 15) is 9.18 Å². The summed E-state index contributed by atoms with van der Waals surface area (Å²) in [6, 6.07) is 5.87. The average molecular weight is 346 g/mol. The van der Waals surface area contributed by atoms with Crippen LogP contribution < -0.4 is 0 Å². The fourth-order valence-electron chi connectivity index (χ4n) is 3.04. The van der Waals surface area contributed by atoms with Crippen molar-refractivity contribution in [2.24, 2.45) is 0 Å². The molecular weight excluding hydrogens is 323 g/mol. The van der Waals surface area contributed by atoms with E-state index in [-0.39, 0.29) is 17.8 Å². The molecule has 1 amide bonds. The molecule has 0 radical (unpaired) electrons. The molecule has 0 N–H and O–H groups in total. The zero-order valence-corrected chi connectivity index (χ0v) is 14.6. The van der Waals surface area contributed by atoms with E-state index in [0.717, 1.165) is 25.9 Å². The molecule has 1 aromatic heterocycles. The Morgan fingerprint density at radius 1 is 1.36 bits per heavy atom. The van der Waals surface area contributed by atoms with E-state index in [1.807, 2.05) is 6.92 Å². The Kier molecular flexibility index (Phi) is 5.48. The topological polar surface area (TPSA) is 55.6 Å². The van der Waals surface area contributed by atoms with E-state index < -0.39 is 0 Å². The van der Waals surface area contributed by atoms with Crippen LogP contribution in [0.1, 0.15) is 42.4 Å². The Hall–Kier alpha value is -2.21. The van der Waals surface area contributed by atoms with Crippen LogP contribution in [0.4, 0.5) is 4.39 Å². The maximum atomic E-state index is 13.1. The molecule has 25 heavy (non-hydrogen) atoms. The van der Waals surface area contributed by atoms with E-state index in [0.29, 0.717) is 36.0 Å². The molecule has 0 aliphatic carbocycles. The van der Waals surface area contributed by atoms with Gasteiger partial charge in [-0.3, -0.25) is 4.79 Å². The van der Waals surface area contributed by atoms with Crippen molar-refractivity contribution in [2.45, 2.75) is 39.2 Å². The first-order chi connectivity index (χ1) is 12.1. The van der Waals surface area contributed by atoms with Crippen LogP contribution in [0, 0.1) is 12.7 Å². The number of aromatic nitrogens is 1. The van der Waals surface area contributed by atoms with E-state index in [4.69, 9.17) is 9.15 Å². The van der Waals surface area contributed by atoms with Gasteiger partial charge in [0.05, 0.1) is 6.10 Å². The van der Waals surface area contributed by atoms with E-state index in [1.165, 1.54) is 12.1 Å². The van der Waals surface area contributed by atoms with Gasteiger partial charge in [-0.1, -0.05) is 6.92 Å². The number of amides is 1. The number of rotatable bonds is 6. The largest absolute Gasteiger partial charge is 0.441 e. The van der Waals surface area contributed by atoms with Gasteiger partial charge in [0.1, 0.15) is 11.6 Å². The van der Waals surface area contributed by atoms with Gasteiger partial charge in [0.15, 0.2) is 5.69 Å². The number of carbonyl (C=O) groups excluding carboxylic acids is 1. The molecule has 1 aliphatic rings. The van der Waals surface area contributed by atoms with Gasteiger partial charge < -0.3 is 14.1 Å². The molecular formula is C19H23FN2O3. The first kappa shape index (κ1) is 17.6. The van der Waals surface area contributed by atoms with Crippen molar-refractivity contribution in [1.29, 1.82) is 0 Å². The van der Waals surface area contributed by atoms with Gasteiger partial charge in [0.25, 0.3) is 5.91 Å². The predicted octanol–water partition coefficient (Wildman–Crippen LogP) is 3.82. The molecule has 6 heteroatoms. The van der Waals surface area contributed by atoms with Crippen molar-refractivity contribution in [1.82, 2.24) is 9.88 Å². The molecule has 134 valence electrons. The second kappa shape index (κ2) is 7.78. The fourth-order valence-corrected chi connectivity index (χ4v) is 3.04. The summed E-state index contributed by atoms with van der Waals surface area (Å²) in [4.78, 5) is 19.1. The van der Waals surface area contributed by atoms with Crippen LogP contribution in [0.5, 0.6) is 0 Å². The molecule has 1 saturated heterocycles. The van der Waals surface area contributed by atoms with Crippen LogP contribution in [0.2, 0.25) is 0 Å². The maximum absolute atomic E-state index is 13.1. The standard InChI is InChI=1S/C19H23FN2O3/c1-3-10-22(12-16-5-4-11-24-16)19(23)17-13(2)25-18(21-17)14-6-8-15(20)9-7-14/h6-9,16H,3-5,10-12H2,1-2H3. The molecule has 0 bridgehead atoms. The minimum absolute atomic E-state index is 0.0966. The van der Waals surface area contributed by atoms with Crippen molar-refractivity contribution in [3.8, 4) is 11.5 Å². The lowest BCUT2D eigenvalue weighted by Gasteiger charge is -2.24. The molecule has 0 spiro atoms. The number of aryl methyl sites for hydroxylation is 1. The fraction of sp³-hybridized carbons (Fsp3) is 0.474. The molecule has 1 atom stereocenters. The Bertz CT molecular complexity index is 721. The number of halogens is 1. The molecule has 2 aromatic rings. The summed E-state index contributed by atoms with van der Waals surface area (Å²) in [7, 11) is 0. The Morgan fingerprint density at radius 3 is 2.76 bits per heavy atom. The van der Waals surface area contributed by atoms with Crippen molar-refractivity contribution < 1.29 is 18.3 Å². The molecule has 3 rings (SSSR count). The van der Waals surface area contributed by atoms with Gasteiger partial charge >= 0.3 is 0 Å². The molecule has 1 aromatic carbocycles. The summed E-state index contributed by atoms with van der Waals surface area (Å²) in [5.41, 5.74) is 0.954. The van der Waals surface area contributed by atoms with Crippen LogP contribution in [-0.4, -0.2) is 41.6 Å². The highest BCUT2D eigenvalue weighted by atomic mass is 19.1. The van der Waals surface area contributed by atoms with Gasteiger partial charge in [-0.05, 0) is 50.5 Å². The van der Waals surface area contributed by atoms with Crippen molar-refractivity contribution in [3.05, 3.63) is 41.5 Å². The number of oxazole rings is 1. The van der Waals surface area contributed by atoms with Gasteiger partial charge in [0.2, 0.25) is 5.89 Å². The first-order valence-corrected chi connectivity index (χ1v) is 8.72.